The smallest absolute Gasteiger partial charge is 0.337 e. The van der Waals surface area contributed by atoms with E-state index in [1.807, 2.05) is 34.7 Å². The van der Waals surface area contributed by atoms with Crippen LogP contribution in [0.3, 0.4) is 0 Å². The lowest BCUT2D eigenvalue weighted by atomic mass is 10.1. The van der Waals surface area contributed by atoms with Crippen molar-refractivity contribution in [3.8, 4) is 0 Å². The quantitative estimate of drug-likeness (QED) is 0.746. The molecule has 4 heterocycles. The Kier molecular flexibility index (Phi) is 5.33. The van der Waals surface area contributed by atoms with Crippen molar-refractivity contribution < 1.29 is 14.4 Å². The molecule has 1 aromatic heterocycles. The summed E-state index contributed by atoms with van der Waals surface area (Å²) >= 11 is 0. The second-order valence-electron chi connectivity index (χ2n) is 7.61. The molecule has 3 N–H and O–H groups in total. The summed E-state index contributed by atoms with van der Waals surface area (Å²) in [6.45, 7) is 2.48. The predicted molar refractivity (Wildman–Crippen MR) is 109 cm³/mol. The molecular formula is C20H28N6O3. The number of hydroxylamine groups is 1. The lowest BCUT2D eigenvalue weighted by Crippen LogP contribution is -2.47. The van der Waals surface area contributed by atoms with Gasteiger partial charge in [-0.2, -0.15) is 0 Å². The fraction of sp³-hybridized carbons (Fsp3) is 0.500. The molecule has 0 radical (unpaired) electrons. The molecule has 3 aliphatic rings. The molecule has 156 valence electrons. The number of allylic oxidation sites excluding steroid dienone is 1. The molecule has 3 aliphatic heterocycles. The highest BCUT2D eigenvalue weighted by atomic mass is 16.6. The van der Waals surface area contributed by atoms with Crippen LogP contribution in [0.1, 0.15) is 35.3 Å². The standard InChI is InChI=1S/C20H28N6O3/c1-23-16(19(27)24-8-4-3-5-9-24)12-14-6-10-25(18(14)23)15-7-11-26(17(21)13-15)20(28)22-29-2/h7,11-13,17H,3-6,8-10,21H2,1-2H3,(H,22,28). The number of rotatable bonds is 3. The SMILES string of the molecule is CONC(=O)N1C=CC(N2CCc3cc(C(=O)N4CCCCC4)n(C)c32)=CC1N. The van der Waals surface area contributed by atoms with Crippen LogP contribution in [0, 0.1) is 0 Å². The van der Waals surface area contributed by atoms with E-state index in [0.29, 0.717) is 0 Å². The van der Waals surface area contributed by atoms with Crippen LogP contribution in [0.2, 0.25) is 0 Å². The maximum absolute atomic E-state index is 13.0. The number of hydrogen-bond donors (Lipinski definition) is 2. The van der Waals surface area contributed by atoms with E-state index in [1.165, 1.54) is 18.4 Å². The number of nitrogens with zero attached hydrogens (tertiary/aromatic N) is 4. The van der Waals surface area contributed by atoms with Crippen LogP contribution in [0.4, 0.5) is 10.6 Å². The van der Waals surface area contributed by atoms with Crippen molar-refractivity contribution in [1.29, 1.82) is 0 Å². The van der Waals surface area contributed by atoms with Crippen LogP contribution >= 0.6 is 0 Å². The Balaban J connectivity index is 1.56. The molecule has 0 spiro atoms. The van der Waals surface area contributed by atoms with Gasteiger partial charge >= 0.3 is 6.03 Å². The number of anilines is 1. The van der Waals surface area contributed by atoms with Gasteiger partial charge in [-0.15, -0.1) is 0 Å². The number of nitrogens with one attached hydrogen (secondary N) is 1. The number of urea groups is 1. The number of nitrogens with two attached hydrogens (primary N) is 1. The van der Waals surface area contributed by atoms with Crippen molar-refractivity contribution >= 4 is 17.8 Å². The van der Waals surface area contributed by atoms with Crippen molar-refractivity contribution in [2.45, 2.75) is 31.8 Å². The number of amides is 3. The van der Waals surface area contributed by atoms with Gasteiger partial charge in [-0.05, 0) is 49.5 Å². The second-order valence-corrected chi connectivity index (χ2v) is 7.61. The monoisotopic (exact) mass is 400 g/mol. The normalized spacial score (nSPS) is 21.3. The number of carbonyl (C=O) groups is 2. The van der Waals surface area contributed by atoms with E-state index in [-0.39, 0.29) is 5.91 Å². The van der Waals surface area contributed by atoms with Crippen LogP contribution < -0.4 is 16.1 Å². The van der Waals surface area contributed by atoms with Crippen LogP contribution in [0.5, 0.6) is 0 Å². The molecule has 1 unspecified atom stereocenters. The van der Waals surface area contributed by atoms with E-state index in [1.54, 1.807) is 6.20 Å². The zero-order valence-corrected chi connectivity index (χ0v) is 16.9. The molecule has 0 saturated carbocycles. The summed E-state index contributed by atoms with van der Waals surface area (Å²) in [5, 5.41) is 0. The lowest BCUT2D eigenvalue weighted by Gasteiger charge is -2.31. The molecule has 4 rings (SSSR count). The van der Waals surface area contributed by atoms with Crippen LogP contribution in [0.15, 0.2) is 30.1 Å². The van der Waals surface area contributed by atoms with Crippen LogP contribution in [-0.2, 0) is 18.3 Å². The van der Waals surface area contributed by atoms with E-state index in [2.05, 4.69) is 15.2 Å². The number of likely N-dealkylation sites (tertiary alicyclic amines) is 1. The summed E-state index contributed by atoms with van der Waals surface area (Å²) < 4.78 is 1.99. The summed E-state index contributed by atoms with van der Waals surface area (Å²) in [5.74, 6) is 1.12. The highest BCUT2D eigenvalue weighted by Gasteiger charge is 2.32. The molecular weight excluding hydrogens is 372 g/mol. The first-order chi connectivity index (χ1) is 14.0. The topological polar surface area (TPSA) is 96.1 Å². The zero-order chi connectivity index (χ0) is 20.5. The minimum absolute atomic E-state index is 0.105. The van der Waals surface area contributed by atoms with Crippen molar-refractivity contribution in [1.82, 2.24) is 19.8 Å². The van der Waals surface area contributed by atoms with Crippen molar-refractivity contribution in [3.63, 3.8) is 0 Å². The minimum Gasteiger partial charge on any atom is -0.337 e. The van der Waals surface area contributed by atoms with E-state index in [0.717, 1.165) is 61.7 Å². The third-order valence-electron chi connectivity index (χ3n) is 5.80. The zero-order valence-electron chi connectivity index (χ0n) is 16.9. The summed E-state index contributed by atoms with van der Waals surface area (Å²) in [6.07, 6.45) is 8.94. The fourth-order valence-electron chi connectivity index (χ4n) is 4.34. The molecule has 0 aromatic carbocycles. The maximum atomic E-state index is 13.0. The van der Waals surface area contributed by atoms with Gasteiger partial charge in [0, 0.05) is 38.6 Å². The number of piperidine rings is 1. The van der Waals surface area contributed by atoms with Gasteiger partial charge in [0.05, 0.1) is 7.11 Å². The first kappa shape index (κ1) is 19.5. The van der Waals surface area contributed by atoms with Crippen molar-refractivity contribution in [2.75, 3.05) is 31.6 Å². The third kappa shape index (κ3) is 3.51. The van der Waals surface area contributed by atoms with Crippen LogP contribution in [-0.4, -0.2) is 59.2 Å². The van der Waals surface area contributed by atoms with Gasteiger partial charge in [0.25, 0.3) is 5.91 Å². The molecule has 3 amide bonds. The van der Waals surface area contributed by atoms with Gasteiger partial charge < -0.3 is 20.1 Å². The molecule has 9 nitrogen and oxygen atoms in total. The highest BCUT2D eigenvalue weighted by molar-refractivity contribution is 5.94. The van der Waals surface area contributed by atoms with Gasteiger partial charge in [0.2, 0.25) is 0 Å². The summed E-state index contributed by atoms with van der Waals surface area (Å²) in [4.78, 5) is 35.1. The van der Waals surface area contributed by atoms with Gasteiger partial charge in [-0.25, -0.2) is 10.3 Å². The Labute approximate surface area is 170 Å². The van der Waals surface area contributed by atoms with Gasteiger partial charge in [0.1, 0.15) is 17.7 Å². The van der Waals surface area contributed by atoms with Crippen molar-refractivity contribution in [2.24, 2.45) is 12.8 Å². The molecule has 0 aliphatic carbocycles. The predicted octanol–water partition coefficient (Wildman–Crippen LogP) is 1.28. The van der Waals surface area contributed by atoms with Crippen molar-refractivity contribution in [3.05, 3.63) is 41.4 Å². The largest absolute Gasteiger partial charge is 0.346 e. The van der Waals surface area contributed by atoms with E-state index in [9.17, 15) is 9.59 Å². The summed E-state index contributed by atoms with van der Waals surface area (Å²) in [5.41, 5.74) is 11.2. The Morgan fingerprint density at radius 3 is 2.66 bits per heavy atom. The molecule has 1 fully saturated rings. The number of fused-ring (bicyclic) bond motifs is 1. The first-order valence-corrected chi connectivity index (χ1v) is 10.0. The fourth-order valence-corrected chi connectivity index (χ4v) is 4.34. The average molecular weight is 400 g/mol. The summed E-state index contributed by atoms with van der Waals surface area (Å²) in [6, 6.07) is 1.60. The maximum Gasteiger partial charge on any atom is 0.346 e. The lowest BCUT2D eigenvalue weighted by molar-refractivity contribution is 0.0714. The molecule has 0 bridgehead atoms. The molecule has 29 heavy (non-hydrogen) atoms. The van der Waals surface area contributed by atoms with Gasteiger partial charge in [-0.3, -0.25) is 14.5 Å². The second kappa shape index (κ2) is 7.92. The van der Waals surface area contributed by atoms with E-state index < -0.39 is 12.2 Å². The number of aromatic nitrogens is 1. The molecule has 1 saturated heterocycles. The van der Waals surface area contributed by atoms with Crippen LogP contribution in [0.25, 0.3) is 0 Å². The van der Waals surface area contributed by atoms with Gasteiger partial charge in [-0.1, -0.05) is 0 Å². The Bertz CT molecular complexity index is 868. The minimum atomic E-state index is -0.607. The average Bonchev–Trinajstić information content (AvgIpc) is 3.28. The summed E-state index contributed by atoms with van der Waals surface area (Å²) in [7, 11) is 3.32. The molecule has 1 atom stereocenters. The first-order valence-electron chi connectivity index (χ1n) is 10.0. The van der Waals surface area contributed by atoms with Gasteiger partial charge in [0.15, 0.2) is 0 Å². The molecule has 1 aromatic rings. The Hall–Kier alpha value is -2.78. The number of hydrogen-bond acceptors (Lipinski definition) is 5. The number of carbonyl (C=O) groups excluding carboxylic acids is 2. The third-order valence-corrected chi connectivity index (χ3v) is 5.80. The molecule has 9 heteroatoms. The Morgan fingerprint density at radius 1 is 1.21 bits per heavy atom. The van der Waals surface area contributed by atoms with E-state index in [4.69, 9.17) is 5.73 Å². The highest BCUT2D eigenvalue weighted by Crippen LogP contribution is 2.35. The van der Waals surface area contributed by atoms with E-state index >= 15 is 0 Å². The Morgan fingerprint density at radius 2 is 1.97 bits per heavy atom.